The summed E-state index contributed by atoms with van der Waals surface area (Å²) in [5, 5.41) is 21.8. The Labute approximate surface area is 129 Å². The van der Waals surface area contributed by atoms with Crippen molar-refractivity contribution >= 4 is 23.3 Å². The average Bonchev–Trinajstić information content (AvgIpc) is 2.46. The molecule has 5 heteroatoms. The fourth-order valence-corrected chi connectivity index (χ4v) is 3.30. The van der Waals surface area contributed by atoms with Crippen LogP contribution in [0.25, 0.3) is 0 Å². The Hall–Kier alpha value is -1.73. The Morgan fingerprint density at radius 2 is 2.10 bits per heavy atom. The summed E-state index contributed by atoms with van der Waals surface area (Å²) in [6.45, 7) is 0.602. The van der Waals surface area contributed by atoms with Gasteiger partial charge >= 0.3 is 5.97 Å². The molecule has 2 N–H and O–H groups in total. The highest BCUT2D eigenvalue weighted by Crippen LogP contribution is 2.40. The van der Waals surface area contributed by atoms with E-state index >= 15 is 0 Å². The number of nitriles is 1. The Morgan fingerprint density at radius 1 is 1.38 bits per heavy atom. The van der Waals surface area contributed by atoms with Crippen LogP contribution in [0.1, 0.15) is 44.1 Å². The second-order valence-corrected chi connectivity index (χ2v) is 6.20. The molecule has 1 aromatic rings. The molecule has 2 rings (SSSR count). The van der Waals surface area contributed by atoms with Crippen molar-refractivity contribution in [3.63, 3.8) is 0 Å². The number of nitrogens with one attached hydrogen (secondary N) is 1. The van der Waals surface area contributed by atoms with E-state index in [1.165, 1.54) is 6.42 Å². The summed E-state index contributed by atoms with van der Waals surface area (Å²) in [6.07, 6.45) is 5.39. The Bertz CT molecular complexity index is 560. The van der Waals surface area contributed by atoms with Gasteiger partial charge in [0.05, 0.1) is 28.8 Å². The van der Waals surface area contributed by atoms with E-state index < -0.39 is 5.97 Å². The van der Waals surface area contributed by atoms with Crippen LogP contribution in [0.2, 0.25) is 5.02 Å². The molecule has 1 aromatic carbocycles. The smallest absolute Gasteiger partial charge is 0.303 e. The van der Waals surface area contributed by atoms with Crippen LogP contribution in [-0.2, 0) is 4.79 Å². The van der Waals surface area contributed by atoms with Crippen LogP contribution in [0.4, 0.5) is 5.69 Å². The first kappa shape index (κ1) is 15.7. The topological polar surface area (TPSA) is 73.1 Å². The van der Waals surface area contributed by atoms with Gasteiger partial charge in [-0.05, 0) is 36.5 Å². The van der Waals surface area contributed by atoms with Gasteiger partial charge in [-0.25, -0.2) is 0 Å². The zero-order valence-corrected chi connectivity index (χ0v) is 12.6. The molecule has 0 radical (unpaired) electrons. The lowest BCUT2D eigenvalue weighted by molar-refractivity contribution is -0.140. The first-order valence-electron chi connectivity index (χ1n) is 7.20. The van der Waals surface area contributed by atoms with E-state index in [-0.39, 0.29) is 11.8 Å². The quantitative estimate of drug-likeness (QED) is 0.860. The summed E-state index contributed by atoms with van der Waals surface area (Å²) in [5.41, 5.74) is 1.08. The Balaban J connectivity index is 2.08. The number of halogens is 1. The summed E-state index contributed by atoms with van der Waals surface area (Å²) < 4.78 is 0. The number of benzene rings is 1. The minimum Gasteiger partial charge on any atom is -0.481 e. The maximum atomic E-state index is 11.1. The molecule has 0 bridgehead atoms. The summed E-state index contributed by atoms with van der Waals surface area (Å²) in [6, 6.07) is 7.15. The molecule has 0 spiro atoms. The number of hydrogen-bond acceptors (Lipinski definition) is 3. The molecule has 0 aliphatic heterocycles. The van der Waals surface area contributed by atoms with Crippen LogP contribution in [0.5, 0.6) is 0 Å². The van der Waals surface area contributed by atoms with E-state index in [0.717, 1.165) is 31.4 Å². The second-order valence-electron chi connectivity index (χ2n) is 5.79. The van der Waals surface area contributed by atoms with Crippen molar-refractivity contribution in [2.45, 2.75) is 38.5 Å². The van der Waals surface area contributed by atoms with E-state index in [9.17, 15) is 4.79 Å². The molecule has 21 heavy (non-hydrogen) atoms. The molecule has 112 valence electrons. The normalized spacial score (nSPS) is 17.0. The zero-order valence-electron chi connectivity index (χ0n) is 11.9. The number of anilines is 1. The van der Waals surface area contributed by atoms with Crippen molar-refractivity contribution < 1.29 is 9.90 Å². The second kappa shape index (κ2) is 6.82. The minimum atomic E-state index is -0.746. The highest BCUT2D eigenvalue weighted by Gasteiger charge is 2.34. The molecule has 1 aliphatic carbocycles. The number of aliphatic carboxylic acids is 1. The summed E-state index contributed by atoms with van der Waals surface area (Å²) in [7, 11) is 0. The van der Waals surface area contributed by atoms with Crippen LogP contribution in [0, 0.1) is 16.7 Å². The molecule has 0 unspecified atom stereocenters. The maximum Gasteiger partial charge on any atom is 0.303 e. The molecule has 1 aliphatic rings. The number of carbonyl (C=O) groups is 1. The number of nitrogens with zero attached hydrogens (tertiary/aromatic N) is 1. The van der Waals surface area contributed by atoms with Gasteiger partial charge in [0.15, 0.2) is 0 Å². The summed E-state index contributed by atoms with van der Waals surface area (Å²) >= 11 is 6.15. The zero-order chi connectivity index (χ0) is 15.3. The third-order valence-corrected chi connectivity index (χ3v) is 4.51. The fraction of sp³-hybridized carbons (Fsp3) is 0.500. The molecule has 0 aromatic heterocycles. The van der Waals surface area contributed by atoms with Gasteiger partial charge in [-0.1, -0.05) is 30.9 Å². The molecule has 4 nitrogen and oxygen atoms in total. The van der Waals surface area contributed by atoms with Crippen molar-refractivity contribution in [3.8, 4) is 6.07 Å². The number of carboxylic acid groups (broad SMARTS) is 1. The van der Waals surface area contributed by atoms with E-state index in [1.807, 2.05) is 6.07 Å². The Kier molecular flexibility index (Phi) is 5.08. The molecule has 1 fully saturated rings. The van der Waals surface area contributed by atoms with Crippen LogP contribution in [0.3, 0.4) is 0 Å². The van der Waals surface area contributed by atoms with E-state index in [2.05, 4.69) is 5.32 Å². The van der Waals surface area contributed by atoms with Crippen molar-refractivity contribution in [2.75, 3.05) is 11.9 Å². The number of rotatable bonds is 5. The predicted octanol–water partition coefficient (Wildman–Crippen LogP) is 4.05. The first-order valence-corrected chi connectivity index (χ1v) is 7.58. The van der Waals surface area contributed by atoms with Crippen molar-refractivity contribution in [3.05, 3.63) is 28.8 Å². The van der Waals surface area contributed by atoms with Crippen molar-refractivity contribution in [1.29, 1.82) is 5.26 Å². The monoisotopic (exact) mass is 306 g/mol. The average molecular weight is 307 g/mol. The van der Waals surface area contributed by atoms with Gasteiger partial charge in [0.1, 0.15) is 0 Å². The molecular formula is C16H19ClN2O2. The maximum absolute atomic E-state index is 11.1. The summed E-state index contributed by atoms with van der Waals surface area (Å²) in [4.78, 5) is 11.1. The predicted molar refractivity (Wildman–Crippen MR) is 82.4 cm³/mol. The minimum absolute atomic E-state index is 0.188. The standard InChI is InChI=1S/C16H19ClN2O2/c17-13-8-12(10-18)4-5-14(13)19-11-16(9-15(20)21)6-2-1-3-7-16/h4-5,8,19H,1-3,6-7,9,11H2,(H,20,21). The molecule has 0 heterocycles. The van der Waals surface area contributed by atoms with Gasteiger partial charge in [0, 0.05) is 6.54 Å². The van der Waals surface area contributed by atoms with Crippen molar-refractivity contribution in [2.24, 2.45) is 5.41 Å². The van der Waals surface area contributed by atoms with E-state index in [1.54, 1.807) is 18.2 Å². The lowest BCUT2D eigenvalue weighted by atomic mass is 9.71. The third kappa shape index (κ3) is 4.12. The van der Waals surface area contributed by atoms with Gasteiger partial charge < -0.3 is 10.4 Å². The number of carboxylic acids is 1. The van der Waals surface area contributed by atoms with Crippen molar-refractivity contribution in [1.82, 2.24) is 0 Å². The van der Waals surface area contributed by atoms with Gasteiger partial charge in [-0.3, -0.25) is 4.79 Å². The highest BCUT2D eigenvalue weighted by molar-refractivity contribution is 6.33. The lowest BCUT2D eigenvalue weighted by Gasteiger charge is -2.36. The largest absolute Gasteiger partial charge is 0.481 e. The lowest BCUT2D eigenvalue weighted by Crippen LogP contribution is -2.34. The SMILES string of the molecule is N#Cc1ccc(NCC2(CC(=O)O)CCCCC2)c(Cl)c1. The summed E-state index contributed by atoms with van der Waals surface area (Å²) in [5.74, 6) is -0.746. The Morgan fingerprint density at radius 3 is 2.67 bits per heavy atom. The number of hydrogen-bond donors (Lipinski definition) is 2. The van der Waals surface area contributed by atoms with Gasteiger partial charge in [0.25, 0.3) is 0 Å². The molecule has 0 saturated heterocycles. The van der Waals surface area contributed by atoms with Crippen LogP contribution >= 0.6 is 11.6 Å². The molecule has 0 amide bonds. The fourth-order valence-electron chi connectivity index (χ4n) is 3.05. The first-order chi connectivity index (χ1) is 10.0. The molecule has 0 atom stereocenters. The van der Waals surface area contributed by atoms with Gasteiger partial charge in [-0.15, -0.1) is 0 Å². The van der Waals surface area contributed by atoms with E-state index in [4.69, 9.17) is 22.0 Å². The van der Waals surface area contributed by atoms with Gasteiger partial charge in [0.2, 0.25) is 0 Å². The van der Waals surface area contributed by atoms with Crippen LogP contribution in [0.15, 0.2) is 18.2 Å². The van der Waals surface area contributed by atoms with Crippen LogP contribution in [-0.4, -0.2) is 17.6 Å². The van der Waals surface area contributed by atoms with Crippen LogP contribution < -0.4 is 5.32 Å². The highest BCUT2D eigenvalue weighted by atomic mass is 35.5. The molecule has 1 saturated carbocycles. The molecular weight excluding hydrogens is 288 g/mol. The van der Waals surface area contributed by atoms with E-state index in [0.29, 0.717) is 17.1 Å². The van der Waals surface area contributed by atoms with Gasteiger partial charge in [-0.2, -0.15) is 5.26 Å². The third-order valence-electron chi connectivity index (χ3n) is 4.19.